The predicted octanol–water partition coefficient (Wildman–Crippen LogP) is 3.33. The third kappa shape index (κ3) is 3.68. The molecule has 0 saturated carbocycles. The molecule has 0 aliphatic carbocycles. The van der Waals surface area contributed by atoms with Gasteiger partial charge in [0.15, 0.2) is 0 Å². The van der Waals surface area contributed by atoms with Crippen LogP contribution in [0, 0.1) is 4.91 Å². The number of halogens is 1. The zero-order valence-electron chi connectivity index (χ0n) is 15.2. The van der Waals surface area contributed by atoms with Crippen LogP contribution >= 0.6 is 12.4 Å². The van der Waals surface area contributed by atoms with E-state index < -0.39 is 5.91 Å². The van der Waals surface area contributed by atoms with Crippen molar-refractivity contribution in [1.82, 2.24) is 10.3 Å². The van der Waals surface area contributed by atoms with Gasteiger partial charge in [-0.2, -0.15) is 0 Å². The number of nitrogens with zero attached hydrogens (tertiary/aromatic N) is 3. The van der Waals surface area contributed by atoms with Gasteiger partial charge in [0.05, 0.1) is 5.29 Å². The van der Waals surface area contributed by atoms with Crippen LogP contribution in [0.25, 0.3) is 0 Å². The Morgan fingerprint density at radius 1 is 1.19 bits per heavy atom. The van der Waals surface area contributed by atoms with Gasteiger partial charge in [-0.1, -0.05) is 30.3 Å². The molecule has 2 unspecified atom stereocenters. The van der Waals surface area contributed by atoms with E-state index in [1.807, 2.05) is 17.6 Å². The van der Waals surface area contributed by atoms with Crippen LogP contribution in [0.1, 0.15) is 33.8 Å². The highest BCUT2D eigenvalue weighted by atomic mass is 35.5. The number of para-hydroxylation sites is 1. The number of amides is 1. The van der Waals surface area contributed by atoms with Crippen molar-refractivity contribution in [1.29, 1.82) is 0 Å². The first-order valence-corrected chi connectivity index (χ1v) is 8.93. The summed E-state index contributed by atoms with van der Waals surface area (Å²) in [7, 11) is 2.19. The number of nitrogens with one attached hydrogen (secondary N) is 1. The quantitative estimate of drug-likeness (QED) is 0.646. The zero-order chi connectivity index (χ0) is 18.1. The van der Waals surface area contributed by atoms with Gasteiger partial charge in [0.1, 0.15) is 0 Å². The Balaban J connectivity index is 0.00000210. The lowest BCUT2D eigenvalue weighted by Gasteiger charge is -2.37. The Labute approximate surface area is 164 Å². The van der Waals surface area contributed by atoms with Crippen LogP contribution in [-0.4, -0.2) is 37.0 Å². The molecule has 2 heterocycles. The highest BCUT2D eigenvalue weighted by molar-refractivity contribution is 5.93. The fraction of sp³-hybridized carbons (Fsp3) is 0.350. The summed E-state index contributed by atoms with van der Waals surface area (Å²) in [6.07, 6.45) is 1.15. The molecule has 4 rings (SSSR count). The second-order valence-corrected chi connectivity index (χ2v) is 7.14. The number of likely N-dealkylation sites (N-methyl/N-ethyl adjacent to an activating group) is 1. The summed E-state index contributed by atoms with van der Waals surface area (Å²) >= 11 is 0. The summed E-state index contributed by atoms with van der Waals surface area (Å²) in [4.78, 5) is 26.8. The summed E-state index contributed by atoms with van der Waals surface area (Å²) < 4.78 is 0. The summed E-state index contributed by atoms with van der Waals surface area (Å²) in [5.74, 6) is 0.0714. The van der Waals surface area contributed by atoms with Crippen LogP contribution in [-0.2, 0) is 6.54 Å². The van der Waals surface area contributed by atoms with E-state index in [4.69, 9.17) is 0 Å². The number of rotatable bonds is 4. The molecule has 2 aromatic rings. The fourth-order valence-electron chi connectivity index (χ4n) is 4.29. The molecule has 0 radical (unpaired) electrons. The van der Waals surface area contributed by atoms with Gasteiger partial charge in [-0.05, 0) is 49.3 Å². The third-order valence-corrected chi connectivity index (χ3v) is 5.54. The zero-order valence-corrected chi connectivity index (χ0v) is 16.0. The minimum atomic E-state index is -0.478. The smallest absolute Gasteiger partial charge is 0.273 e. The van der Waals surface area contributed by atoms with Crippen LogP contribution in [0.4, 0.5) is 5.69 Å². The van der Waals surface area contributed by atoms with E-state index in [2.05, 4.69) is 46.4 Å². The van der Waals surface area contributed by atoms with Crippen molar-refractivity contribution < 1.29 is 4.79 Å². The van der Waals surface area contributed by atoms with Gasteiger partial charge in [-0.25, -0.2) is 5.43 Å². The van der Waals surface area contributed by atoms with Crippen LogP contribution in [0.2, 0.25) is 0 Å². The molecule has 7 heteroatoms. The number of anilines is 1. The van der Waals surface area contributed by atoms with Crippen LogP contribution in [0.5, 0.6) is 0 Å². The van der Waals surface area contributed by atoms with E-state index in [1.165, 1.54) is 11.3 Å². The molecule has 2 atom stereocenters. The first-order chi connectivity index (χ1) is 12.7. The lowest BCUT2D eigenvalue weighted by molar-refractivity contribution is 0.0954. The molecule has 6 nitrogen and oxygen atoms in total. The first kappa shape index (κ1) is 19.3. The fourth-order valence-corrected chi connectivity index (χ4v) is 4.29. The normalized spacial score (nSPS) is 21.0. The summed E-state index contributed by atoms with van der Waals surface area (Å²) in [6, 6.07) is 16.6. The molecule has 0 aromatic heterocycles. The van der Waals surface area contributed by atoms with Crippen molar-refractivity contribution in [3.63, 3.8) is 0 Å². The van der Waals surface area contributed by atoms with Gasteiger partial charge in [0.25, 0.3) is 5.91 Å². The molecule has 142 valence electrons. The second kappa shape index (κ2) is 8.06. The largest absolute Gasteiger partial charge is 0.363 e. The summed E-state index contributed by atoms with van der Waals surface area (Å²) in [6.45, 7) is 3.02. The van der Waals surface area contributed by atoms with Gasteiger partial charge in [-0.15, -0.1) is 17.3 Å². The van der Waals surface area contributed by atoms with E-state index in [0.29, 0.717) is 17.5 Å². The van der Waals surface area contributed by atoms with Crippen LogP contribution < -0.4 is 10.3 Å². The molecule has 2 aromatic carbocycles. The summed E-state index contributed by atoms with van der Waals surface area (Å²) in [5, 5.41) is 2.43. The number of fused-ring (bicyclic) bond motifs is 3. The number of piperidine rings is 1. The van der Waals surface area contributed by atoms with E-state index >= 15 is 0 Å². The number of likely N-dealkylation sites (tertiary alicyclic amines) is 1. The molecule has 1 N–H and O–H groups in total. The van der Waals surface area contributed by atoms with Gasteiger partial charge in [0.2, 0.25) is 0 Å². The van der Waals surface area contributed by atoms with Crippen molar-refractivity contribution in [2.24, 2.45) is 5.29 Å². The average molecular weight is 387 g/mol. The van der Waals surface area contributed by atoms with Crippen LogP contribution in [0.3, 0.4) is 0 Å². The minimum Gasteiger partial charge on any atom is -0.363 e. The number of carbonyl (C=O) groups excluding carboxylic acids is 1. The number of nitroso groups, excluding NO2 is 1. The maximum absolute atomic E-state index is 11.7. The number of carbonyl (C=O) groups is 1. The molecule has 1 fully saturated rings. The number of hydrogen-bond donors (Lipinski definition) is 1. The maximum Gasteiger partial charge on any atom is 0.273 e. The molecule has 2 aliphatic rings. The molecule has 2 aliphatic heterocycles. The van der Waals surface area contributed by atoms with Gasteiger partial charge < -0.3 is 9.80 Å². The Morgan fingerprint density at radius 2 is 1.93 bits per heavy atom. The highest BCUT2D eigenvalue weighted by Crippen LogP contribution is 2.44. The van der Waals surface area contributed by atoms with Crippen molar-refractivity contribution in [3.05, 3.63) is 70.1 Å². The molecule has 1 amide bonds. The number of benzene rings is 2. The lowest BCUT2D eigenvalue weighted by atomic mass is 9.89. The Morgan fingerprint density at radius 3 is 2.67 bits per heavy atom. The Bertz CT molecular complexity index is 827. The SMILES string of the molecule is CN1CCC2C(C1)c1ccccc1N2Cc1ccc(C(=O)NN=O)cc1.Cl. The molecule has 0 bridgehead atoms. The summed E-state index contributed by atoms with van der Waals surface area (Å²) in [5.41, 5.74) is 6.28. The average Bonchev–Trinajstić information content (AvgIpc) is 2.96. The Kier molecular flexibility index (Phi) is 5.77. The molecule has 27 heavy (non-hydrogen) atoms. The monoisotopic (exact) mass is 386 g/mol. The third-order valence-electron chi connectivity index (χ3n) is 5.54. The number of hydrogen-bond acceptors (Lipinski definition) is 5. The van der Waals surface area contributed by atoms with Gasteiger partial charge in [0, 0.05) is 36.3 Å². The van der Waals surface area contributed by atoms with Gasteiger partial charge >= 0.3 is 0 Å². The molecular formula is C20H23ClN4O2. The van der Waals surface area contributed by atoms with Gasteiger partial charge in [-0.3, -0.25) is 4.79 Å². The van der Waals surface area contributed by atoms with E-state index in [-0.39, 0.29) is 12.4 Å². The van der Waals surface area contributed by atoms with Crippen molar-refractivity contribution in [2.75, 3.05) is 25.0 Å². The standard InChI is InChI=1S/C20H22N4O2.ClH/c1-23-11-10-19-17(13-23)16-4-2-3-5-18(16)24(19)12-14-6-8-15(9-7-14)20(25)21-22-26;/h2-9,17,19H,10-13H2,1H3,(H,21,25,26);1H. The van der Waals surface area contributed by atoms with E-state index in [9.17, 15) is 9.70 Å². The Hall–Kier alpha value is -2.44. The first-order valence-electron chi connectivity index (χ1n) is 8.93. The van der Waals surface area contributed by atoms with Crippen molar-refractivity contribution in [3.8, 4) is 0 Å². The second-order valence-electron chi connectivity index (χ2n) is 7.14. The van der Waals surface area contributed by atoms with E-state index in [1.54, 1.807) is 12.1 Å². The lowest BCUT2D eigenvalue weighted by Crippen LogP contribution is -2.44. The van der Waals surface area contributed by atoms with Crippen molar-refractivity contribution in [2.45, 2.75) is 24.9 Å². The van der Waals surface area contributed by atoms with E-state index in [0.717, 1.165) is 31.6 Å². The highest BCUT2D eigenvalue weighted by Gasteiger charge is 2.40. The predicted molar refractivity (Wildman–Crippen MR) is 108 cm³/mol. The molecule has 1 saturated heterocycles. The molecular weight excluding hydrogens is 364 g/mol. The van der Waals surface area contributed by atoms with Crippen LogP contribution in [0.15, 0.2) is 53.8 Å². The maximum atomic E-state index is 11.7. The molecule has 0 spiro atoms. The van der Waals surface area contributed by atoms with Crippen molar-refractivity contribution >= 4 is 24.0 Å². The topological polar surface area (TPSA) is 65.0 Å². The minimum absolute atomic E-state index is 0.